The van der Waals surface area contributed by atoms with Crippen LogP contribution in [0.25, 0.3) is 11.0 Å². The fourth-order valence-corrected chi connectivity index (χ4v) is 3.28. The number of rotatable bonds is 5. The van der Waals surface area contributed by atoms with Gasteiger partial charge >= 0.3 is 6.03 Å². The summed E-state index contributed by atoms with van der Waals surface area (Å²) in [4.78, 5) is 18.8. The zero-order valence-corrected chi connectivity index (χ0v) is 15.2. The summed E-state index contributed by atoms with van der Waals surface area (Å²) in [6.07, 6.45) is 5.57. The number of benzene rings is 1. The van der Waals surface area contributed by atoms with Crippen molar-refractivity contribution in [3.05, 3.63) is 48.3 Å². The molecule has 1 aromatic carbocycles. The molecule has 0 unspecified atom stereocenters. The van der Waals surface area contributed by atoms with Crippen LogP contribution in [0.3, 0.4) is 0 Å². The predicted octanol–water partition coefficient (Wildman–Crippen LogP) is 2.58. The van der Waals surface area contributed by atoms with Crippen LogP contribution in [0.4, 0.5) is 10.5 Å². The number of aromatic nitrogens is 4. The first-order valence-electron chi connectivity index (χ1n) is 9.05. The number of nitrogens with one attached hydrogen (secondary N) is 1. The average Bonchev–Trinajstić information content (AvgIpc) is 3.32. The lowest BCUT2D eigenvalue weighted by Crippen LogP contribution is -2.39. The Kier molecular flexibility index (Phi) is 4.97. The van der Waals surface area contributed by atoms with E-state index in [1.807, 2.05) is 37.4 Å². The zero-order valence-electron chi connectivity index (χ0n) is 15.2. The van der Waals surface area contributed by atoms with Gasteiger partial charge in [-0.05, 0) is 48.7 Å². The lowest BCUT2D eigenvalue weighted by atomic mass is 10.2. The number of hydrogen-bond acceptors (Lipinski definition) is 5. The van der Waals surface area contributed by atoms with E-state index in [1.165, 1.54) is 0 Å². The Labute approximate surface area is 157 Å². The van der Waals surface area contributed by atoms with Crippen molar-refractivity contribution in [1.29, 1.82) is 0 Å². The number of carbonyl (C=O) groups is 1. The van der Waals surface area contributed by atoms with E-state index in [-0.39, 0.29) is 12.1 Å². The maximum Gasteiger partial charge on any atom is 0.322 e. The SMILES string of the molecule is Cn1nnc2cc(NC(=O)N(Cc3ccncc3)C[C@H]3CCCO3)ccc21. The minimum Gasteiger partial charge on any atom is -0.376 e. The summed E-state index contributed by atoms with van der Waals surface area (Å²) < 4.78 is 7.43. The normalized spacial score (nSPS) is 16.6. The molecule has 1 atom stereocenters. The molecule has 3 aromatic rings. The van der Waals surface area contributed by atoms with Crippen molar-refractivity contribution in [2.45, 2.75) is 25.5 Å². The Morgan fingerprint density at radius 2 is 2.19 bits per heavy atom. The molecule has 27 heavy (non-hydrogen) atoms. The van der Waals surface area contributed by atoms with Gasteiger partial charge in [0.1, 0.15) is 5.52 Å². The monoisotopic (exact) mass is 366 g/mol. The standard InChI is InChI=1S/C19H22N6O2/c1-24-18-5-4-15(11-17(18)22-23-24)21-19(26)25(13-16-3-2-10-27-16)12-14-6-8-20-9-7-14/h4-9,11,16H,2-3,10,12-13H2,1H3,(H,21,26)/t16-/m1/s1. The third-order valence-corrected chi connectivity index (χ3v) is 4.72. The number of pyridine rings is 1. The second-order valence-electron chi connectivity index (χ2n) is 6.72. The van der Waals surface area contributed by atoms with Gasteiger partial charge in [0.15, 0.2) is 0 Å². The molecule has 0 radical (unpaired) electrons. The third kappa shape index (κ3) is 4.06. The average molecular weight is 366 g/mol. The van der Waals surface area contributed by atoms with E-state index in [2.05, 4.69) is 20.6 Å². The Hall–Kier alpha value is -3.00. The molecule has 2 amide bonds. The Morgan fingerprint density at radius 1 is 1.33 bits per heavy atom. The largest absolute Gasteiger partial charge is 0.376 e. The number of anilines is 1. The van der Waals surface area contributed by atoms with Crippen LogP contribution in [-0.2, 0) is 18.3 Å². The van der Waals surface area contributed by atoms with Gasteiger partial charge in [0.05, 0.1) is 11.6 Å². The van der Waals surface area contributed by atoms with Crippen LogP contribution in [0.2, 0.25) is 0 Å². The van der Waals surface area contributed by atoms with Crippen LogP contribution in [-0.4, -0.2) is 50.2 Å². The topological polar surface area (TPSA) is 85.2 Å². The summed E-state index contributed by atoms with van der Waals surface area (Å²) in [6, 6.07) is 9.27. The molecule has 1 aliphatic rings. The number of nitrogens with zero attached hydrogens (tertiary/aromatic N) is 5. The summed E-state index contributed by atoms with van der Waals surface area (Å²) >= 11 is 0. The van der Waals surface area contributed by atoms with Gasteiger partial charge < -0.3 is 15.0 Å². The highest BCUT2D eigenvalue weighted by Gasteiger charge is 2.23. The van der Waals surface area contributed by atoms with Gasteiger partial charge in [0.25, 0.3) is 0 Å². The number of carbonyl (C=O) groups excluding carboxylic acids is 1. The first kappa shape index (κ1) is 17.4. The smallest absolute Gasteiger partial charge is 0.322 e. The summed E-state index contributed by atoms with van der Waals surface area (Å²) in [5.74, 6) is 0. The zero-order chi connectivity index (χ0) is 18.6. The molecule has 0 bridgehead atoms. The van der Waals surface area contributed by atoms with Crippen molar-refractivity contribution < 1.29 is 9.53 Å². The molecular weight excluding hydrogens is 344 g/mol. The number of hydrogen-bond donors (Lipinski definition) is 1. The second-order valence-corrected chi connectivity index (χ2v) is 6.72. The highest BCUT2D eigenvalue weighted by molar-refractivity contribution is 5.91. The number of urea groups is 1. The second kappa shape index (κ2) is 7.71. The van der Waals surface area contributed by atoms with E-state index in [9.17, 15) is 4.79 Å². The first-order chi connectivity index (χ1) is 13.2. The molecule has 1 aliphatic heterocycles. The number of amides is 2. The van der Waals surface area contributed by atoms with Crippen molar-refractivity contribution in [3.63, 3.8) is 0 Å². The highest BCUT2D eigenvalue weighted by atomic mass is 16.5. The van der Waals surface area contributed by atoms with Gasteiger partial charge in [-0.1, -0.05) is 5.21 Å². The summed E-state index contributed by atoms with van der Waals surface area (Å²) in [5, 5.41) is 11.1. The van der Waals surface area contributed by atoms with Crippen molar-refractivity contribution in [2.75, 3.05) is 18.5 Å². The maximum absolute atomic E-state index is 12.9. The molecule has 1 N–H and O–H groups in total. The van der Waals surface area contributed by atoms with Gasteiger partial charge in [-0.25, -0.2) is 9.48 Å². The lowest BCUT2D eigenvalue weighted by Gasteiger charge is -2.26. The van der Waals surface area contributed by atoms with Crippen LogP contribution < -0.4 is 5.32 Å². The minimum atomic E-state index is -0.162. The van der Waals surface area contributed by atoms with E-state index in [1.54, 1.807) is 22.0 Å². The molecule has 4 rings (SSSR count). The van der Waals surface area contributed by atoms with Crippen LogP contribution >= 0.6 is 0 Å². The molecule has 0 saturated carbocycles. The predicted molar refractivity (Wildman–Crippen MR) is 101 cm³/mol. The quantitative estimate of drug-likeness (QED) is 0.750. The van der Waals surface area contributed by atoms with Crippen molar-refractivity contribution in [3.8, 4) is 0 Å². The van der Waals surface area contributed by atoms with E-state index in [0.717, 1.165) is 36.0 Å². The van der Waals surface area contributed by atoms with Gasteiger partial charge in [-0.2, -0.15) is 0 Å². The van der Waals surface area contributed by atoms with Crippen molar-refractivity contribution >= 4 is 22.8 Å². The molecule has 3 heterocycles. The Balaban J connectivity index is 1.50. The molecule has 8 nitrogen and oxygen atoms in total. The first-order valence-corrected chi connectivity index (χ1v) is 9.05. The number of aryl methyl sites for hydroxylation is 1. The lowest BCUT2D eigenvalue weighted by molar-refractivity contribution is 0.0819. The molecule has 0 spiro atoms. The van der Waals surface area contributed by atoms with Gasteiger partial charge in [-0.3, -0.25) is 4.98 Å². The van der Waals surface area contributed by atoms with Gasteiger partial charge in [0, 0.05) is 44.8 Å². The highest BCUT2D eigenvalue weighted by Crippen LogP contribution is 2.19. The van der Waals surface area contributed by atoms with E-state index >= 15 is 0 Å². The fraction of sp³-hybridized carbons (Fsp3) is 0.368. The van der Waals surface area contributed by atoms with E-state index in [0.29, 0.717) is 18.8 Å². The van der Waals surface area contributed by atoms with Crippen molar-refractivity contribution in [2.24, 2.45) is 7.05 Å². The number of ether oxygens (including phenoxy) is 1. The summed E-state index contributed by atoms with van der Waals surface area (Å²) in [7, 11) is 1.84. The van der Waals surface area contributed by atoms with E-state index < -0.39 is 0 Å². The fourth-order valence-electron chi connectivity index (χ4n) is 3.28. The molecule has 2 aromatic heterocycles. The summed E-state index contributed by atoms with van der Waals surface area (Å²) in [5.41, 5.74) is 3.39. The van der Waals surface area contributed by atoms with Gasteiger partial charge in [-0.15, -0.1) is 5.10 Å². The molecule has 0 aliphatic carbocycles. The van der Waals surface area contributed by atoms with Crippen LogP contribution in [0.15, 0.2) is 42.7 Å². The molecule has 8 heteroatoms. The Bertz CT molecular complexity index is 920. The molecule has 1 fully saturated rings. The van der Waals surface area contributed by atoms with Crippen LogP contribution in [0.5, 0.6) is 0 Å². The van der Waals surface area contributed by atoms with Crippen LogP contribution in [0.1, 0.15) is 18.4 Å². The molecule has 140 valence electrons. The van der Waals surface area contributed by atoms with Gasteiger partial charge in [0.2, 0.25) is 0 Å². The van der Waals surface area contributed by atoms with E-state index in [4.69, 9.17) is 4.74 Å². The minimum absolute atomic E-state index is 0.0834. The van der Waals surface area contributed by atoms with Crippen LogP contribution in [0, 0.1) is 0 Å². The molecule has 1 saturated heterocycles. The number of fused-ring (bicyclic) bond motifs is 1. The third-order valence-electron chi connectivity index (χ3n) is 4.72. The maximum atomic E-state index is 12.9. The van der Waals surface area contributed by atoms with Crippen molar-refractivity contribution in [1.82, 2.24) is 24.9 Å². The summed E-state index contributed by atoms with van der Waals surface area (Å²) in [6.45, 7) is 1.82. The molecular formula is C19H22N6O2. The Morgan fingerprint density at radius 3 is 2.96 bits per heavy atom.